The topological polar surface area (TPSA) is 145 Å². The molecule has 10 nitrogen and oxygen atoms in total. The van der Waals surface area contributed by atoms with Crippen LogP contribution in [0.4, 0.5) is 5.69 Å². The van der Waals surface area contributed by atoms with Crippen LogP contribution in [0.2, 0.25) is 0 Å². The molecule has 1 aromatic carbocycles. The highest BCUT2D eigenvalue weighted by molar-refractivity contribution is 7.47. The van der Waals surface area contributed by atoms with Gasteiger partial charge < -0.3 is 14.4 Å². The minimum atomic E-state index is -4.58. The van der Waals surface area contributed by atoms with E-state index < -0.39 is 31.4 Å². The van der Waals surface area contributed by atoms with Crippen molar-refractivity contribution in [2.24, 2.45) is 0 Å². The molecule has 0 radical (unpaired) electrons. The van der Waals surface area contributed by atoms with E-state index >= 15 is 0 Å². The lowest BCUT2D eigenvalue weighted by molar-refractivity contribution is -0.384. The van der Waals surface area contributed by atoms with Gasteiger partial charge >= 0.3 is 13.8 Å². The molecule has 0 saturated carbocycles. The van der Waals surface area contributed by atoms with Gasteiger partial charge in [-0.25, -0.2) is 4.57 Å². The lowest BCUT2D eigenvalue weighted by Gasteiger charge is -2.16. The largest absolute Gasteiger partial charge is 0.527 e. The highest BCUT2D eigenvalue weighted by Gasteiger charge is 2.25. The molecule has 214 valence electrons. The number of hydrogen-bond donors (Lipinski definition) is 2. The maximum absolute atomic E-state index is 12.0. The third-order valence-corrected chi connectivity index (χ3v) is 6.38. The van der Waals surface area contributed by atoms with Crippen molar-refractivity contribution in [3.8, 4) is 5.75 Å². The molecule has 0 aliphatic carbocycles. The van der Waals surface area contributed by atoms with Gasteiger partial charge in [0, 0.05) is 18.6 Å². The molecular weight excluding hydrogens is 513 g/mol. The van der Waals surface area contributed by atoms with Gasteiger partial charge in [-0.3, -0.25) is 24.3 Å². The molecule has 1 aromatic rings. The predicted octanol–water partition coefficient (Wildman–Crippen LogP) is 6.81. The van der Waals surface area contributed by atoms with Gasteiger partial charge in [-0.15, -0.1) is 0 Å². The number of rotatable bonds is 22. The Morgan fingerprint density at radius 1 is 0.974 bits per heavy atom. The molecular formula is C27H42NO9P. The molecule has 11 heteroatoms. The molecule has 2 atom stereocenters. The molecule has 0 amide bonds. The van der Waals surface area contributed by atoms with Crippen LogP contribution in [0.1, 0.15) is 84.0 Å². The second kappa shape index (κ2) is 20.4. The quantitative estimate of drug-likeness (QED) is 0.0393. The van der Waals surface area contributed by atoms with Crippen molar-refractivity contribution in [3.63, 3.8) is 0 Å². The number of carbonyl (C=O) groups excluding carboxylic acids is 1. The number of phosphoric acid groups is 1. The molecule has 0 aromatic heterocycles. The highest BCUT2D eigenvalue weighted by atomic mass is 31.2. The Kier molecular flexibility index (Phi) is 18.0. The Balaban J connectivity index is 2.04. The van der Waals surface area contributed by atoms with E-state index in [1.165, 1.54) is 25.7 Å². The Morgan fingerprint density at radius 2 is 1.58 bits per heavy atom. The van der Waals surface area contributed by atoms with Gasteiger partial charge in [0.2, 0.25) is 0 Å². The van der Waals surface area contributed by atoms with E-state index in [0.717, 1.165) is 62.8 Å². The summed E-state index contributed by atoms with van der Waals surface area (Å²) in [6.07, 6.45) is 19.7. The first-order chi connectivity index (χ1) is 18.2. The number of nitro benzene ring substituents is 1. The van der Waals surface area contributed by atoms with Crippen molar-refractivity contribution in [1.29, 1.82) is 0 Å². The molecule has 38 heavy (non-hydrogen) atoms. The summed E-state index contributed by atoms with van der Waals surface area (Å²) < 4.78 is 26.4. The van der Waals surface area contributed by atoms with Gasteiger partial charge in [0.1, 0.15) is 18.5 Å². The number of unbranched alkanes of at least 4 members (excludes halogenated alkanes) is 8. The second-order valence-corrected chi connectivity index (χ2v) is 10.3. The van der Waals surface area contributed by atoms with Crippen LogP contribution in [0.3, 0.4) is 0 Å². The minimum Gasteiger partial charge on any atom is -0.463 e. The van der Waals surface area contributed by atoms with Crippen molar-refractivity contribution in [1.82, 2.24) is 0 Å². The van der Waals surface area contributed by atoms with Crippen LogP contribution in [0.5, 0.6) is 5.75 Å². The summed E-state index contributed by atoms with van der Waals surface area (Å²) in [7, 11) is -4.58. The zero-order chi connectivity index (χ0) is 28.1. The van der Waals surface area contributed by atoms with Crippen molar-refractivity contribution in [3.05, 3.63) is 58.7 Å². The molecule has 0 fully saturated rings. The van der Waals surface area contributed by atoms with Crippen molar-refractivity contribution in [2.75, 3.05) is 13.2 Å². The first-order valence-corrected chi connectivity index (χ1v) is 14.8. The minimum absolute atomic E-state index is 0.111. The Bertz CT molecular complexity index is 902. The van der Waals surface area contributed by atoms with Gasteiger partial charge in [-0.1, -0.05) is 63.3 Å². The van der Waals surface area contributed by atoms with E-state index in [0.29, 0.717) is 6.42 Å². The normalized spacial score (nSPS) is 14.0. The zero-order valence-electron chi connectivity index (χ0n) is 22.2. The van der Waals surface area contributed by atoms with Crippen molar-refractivity contribution < 1.29 is 38.1 Å². The third kappa shape index (κ3) is 17.9. The predicted molar refractivity (Wildman–Crippen MR) is 146 cm³/mol. The van der Waals surface area contributed by atoms with E-state index in [-0.39, 0.29) is 24.5 Å². The molecule has 0 bridgehead atoms. The number of nitrogens with zero attached hydrogens (tertiary/aromatic N) is 1. The number of benzene rings is 1. The fourth-order valence-corrected chi connectivity index (χ4v) is 4.16. The number of non-ortho nitro benzene ring substituents is 1. The number of allylic oxidation sites excluding steroid dienone is 4. The average molecular weight is 556 g/mol. The number of esters is 1. The first kappa shape index (κ1) is 33.5. The maximum atomic E-state index is 12.0. The second-order valence-electron chi connectivity index (χ2n) is 8.92. The van der Waals surface area contributed by atoms with Crippen molar-refractivity contribution in [2.45, 2.75) is 90.1 Å². The van der Waals surface area contributed by atoms with E-state index in [1.54, 1.807) is 0 Å². The zero-order valence-corrected chi connectivity index (χ0v) is 23.1. The summed E-state index contributed by atoms with van der Waals surface area (Å²) in [6, 6.07) is 4.51. The Hall–Kier alpha value is -2.52. The number of ether oxygens (including phenoxy) is 1. The number of hydrogen-bond acceptors (Lipinski definition) is 8. The molecule has 2 unspecified atom stereocenters. The van der Waals surface area contributed by atoms with Gasteiger partial charge in [-0.2, -0.15) is 0 Å². The summed E-state index contributed by atoms with van der Waals surface area (Å²) in [5, 5.41) is 20.5. The Morgan fingerprint density at radius 3 is 2.21 bits per heavy atom. The van der Waals surface area contributed by atoms with Gasteiger partial charge in [0.25, 0.3) is 5.69 Å². The maximum Gasteiger partial charge on any atom is 0.527 e. The summed E-state index contributed by atoms with van der Waals surface area (Å²) in [5.74, 6) is -0.566. The third-order valence-electron chi connectivity index (χ3n) is 5.47. The number of phosphoric ester groups is 1. The summed E-state index contributed by atoms with van der Waals surface area (Å²) in [5.41, 5.74) is -0.205. The Labute approximate surface area is 225 Å². The smallest absolute Gasteiger partial charge is 0.463 e. The monoisotopic (exact) mass is 555 g/mol. The van der Waals surface area contributed by atoms with Gasteiger partial charge in [-0.05, 0) is 50.7 Å². The van der Waals surface area contributed by atoms with Gasteiger partial charge in [0.15, 0.2) is 0 Å². The van der Waals surface area contributed by atoms with Crippen LogP contribution in [0.25, 0.3) is 0 Å². The molecule has 2 N–H and O–H groups in total. The lowest BCUT2D eigenvalue weighted by Crippen LogP contribution is -2.23. The fourth-order valence-electron chi connectivity index (χ4n) is 3.36. The van der Waals surface area contributed by atoms with Crippen LogP contribution in [-0.4, -0.2) is 40.2 Å². The SMILES string of the molecule is CCCCC/C=C\C/C=C\CCCCCCCC(=O)OCC(O)COP(=O)(O)Oc1ccc([N+](=O)[O-])cc1. The number of carbonyl (C=O) groups is 1. The molecule has 1 rings (SSSR count). The van der Waals surface area contributed by atoms with Crippen LogP contribution in [0, 0.1) is 10.1 Å². The van der Waals surface area contributed by atoms with Crippen LogP contribution in [-0.2, 0) is 18.6 Å². The van der Waals surface area contributed by atoms with Crippen LogP contribution >= 0.6 is 7.82 Å². The molecule has 0 heterocycles. The van der Waals surface area contributed by atoms with Gasteiger partial charge in [0.05, 0.1) is 11.5 Å². The number of aliphatic hydroxyl groups excluding tert-OH is 1. The standard InChI is InChI=1S/C27H42NO9P/c1-2-3-4-5-6-7-8-9-10-11-12-13-14-15-16-17-27(30)35-22-25(29)23-36-38(33,34)37-26-20-18-24(19-21-26)28(31)32/h6-7,9-10,18-21,25,29H,2-5,8,11-17,22-23H2,1H3,(H,33,34)/b7-6-,10-9-. The average Bonchev–Trinajstić information content (AvgIpc) is 2.88. The number of nitro groups is 1. The van der Waals surface area contributed by atoms with E-state index in [1.807, 2.05) is 0 Å². The lowest BCUT2D eigenvalue weighted by atomic mass is 10.1. The van der Waals surface area contributed by atoms with Crippen LogP contribution in [0.15, 0.2) is 48.6 Å². The molecule has 0 saturated heterocycles. The molecule has 0 aliphatic rings. The van der Waals surface area contributed by atoms with Crippen molar-refractivity contribution >= 4 is 19.5 Å². The van der Waals surface area contributed by atoms with E-state index in [9.17, 15) is 29.5 Å². The summed E-state index contributed by atoms with van der Waals surface area (Å²) >= 11 is 0. The van der Waals surface area contributed by atoms with Crippen LogP contribution < -0.4 is 4.52 Å². The molecule has 0 aliphatic heterocycles. The fraction of sp³-hybridized carbons (Fsp3) is 0.593. The molecule has 0 spiro atoms. The first-order valence-electron chi connectivity index (χ1n) is 13.3. The van der Waals surface area contributed by atoms with E-state index in [2.05, 4.69) is 31.2 Å². The highest BCUT2D eigenvalue weighted by Crippen LogP contribution is 2.44. The summed E-state index contributed by atoms with van der Waals surface area (Å²) in [6.45, 7) is 1.23. The number of aliphatic hydroxyl groups is 1. The summed E-state index contributed by atoms with van der Waals surface area (Å²) in [4.78, 5) is 31.6. The van der Waals surface area contributed by atoms with E-state index in [4.69, 9.17) is 13.8 Å².